The van der Waals surface area contributed by atoms with Crippen LogP contribution in [-0.4, -0.2) is 11.4 Å². The quantitative estimate of drug-likeness (QED) is 0.758. The van der Waals surface area contributed by atoms with Gasteiger partial charge in [0.15, 0.2) is 12.0 Å². The Balaban J connectivity index is 2.64. The van der Waals surface area contributed by atoms with Crippen LogP contribution in [0.5, 0.6) is 0 Å². The summed E-state index contributed by atoms with van der Waals surface area (Å²) in [6.07, 6.45) is -3.12. The summed E-state index contributed by atoms with van der Waals surface area (Å²) < 4.78 is 42.7. The molecule has 0 aliphatic rings. The molecule has 0 unspecified atom stereocenters. The molecular formula is C11H6F3NO2. The van der Waals surface area contributed by atoms with Crippen molar-refractivity contribution in [3.05, 3.63) is 41.8 Å². The number of carbonyl (C=O) groups is 1. The van der Waals surface area contributed by atoms with Crippen LogP contribution in [0.25, 0.3) is 11.1 Å². The van der Waals surface area contributed by atoms with Gasteiger partial charge < -0.3 is 4.52 Å². The van der Waals surface area contributed by atoms with Crippen molar-refractivity contribution in [2.24, 2.45) is 0 Å². The van der Waals surface area contributed by atoms with Crippen molar-refractivity contribution in [2.45, 2.75) is 6.18 Å². The van der Waals surface area contributed by atoms with E-state index in [-0.39, 0.29) is 16.8 Å². The van der Waals surface area contributed by atoms with E-state index in [0.717, 1.165) is 12.3 Å². The van der Waals surface area contributed by atoms with Crippen LogP contribution in [0.4, 0.5) is 13.2 Å². The topological polar surface area (TPSA) is 43.1 Å². The van der Waals surface area contributed by atoms with E-state index in [9.17, 15) is 18.0 Å². The first-order chi connectivity index (χ1) is 8.04. The Morgan fingerprint density at radius 2 is 1.88 bits per heavy atom. The third-order valence-electron chi connectivity index (χ3n) is 2.23. The van der Waals surface area contributed by atoms with E-state index in [4.69, 9.17) is 0 Å². The smallest absolute Gasteiger partial charge is 0.363 e. The fourth-order valence-corrected chi connectivity index (χ4v) is 1.50. The summed E-state index contributed by atoms with van der Waals surface area (Å²) in [5.74, 6) is 0. The van der Waals surface area contributed by atoms with Crippen LogP contribution in [0.1, 0.15) is 16.1 Å². The first kappa shape index (κ1) is 11.4. The molecule has 0 amide bonds. The van der Waals surface area contributed by atoms with E-state index in [0.29, 0.717) is 6.29 Å². The third-order valence-corrected chi connectivity index (χ3v) is 2.23. The fraction of sp³-hybridized carbons (Fsp3) is 0.0909. The molecule has 2 aromatic rings. The summed E-state index contributed by atoms with van der Waals surface area (Å²) >= 11 is 0. The maximum absolute atomic E-state index is 12.7. The fourth-order valence-electron chi connectivity index (χ4n) is 1.50. The molecule has 1 heterocycles. The first-order valence-corrected chi connectivity index (χ1v) is 4.60. The molecule has 17 heavy (non-hydrogen) atoms. The van der Waals surface area contributed by atoms with Gasteiger partial charge in [0.25, 0.3) is 0 Å². The maximum atomic E-state index is 12.7. The Labute approximate surface area is 93.8 Å². The summed E-state index contributed by atoms with van der Waals surface area (Å²) in [6, 6.07) is 4.94. The van der Waals surface area contributed by atoms with E-state index >= 15 is 0 Å². The Kier molecular flexibility index (Phi) is 2.71. The molecule has 0 radical (unpaired) electrons. The van der Waals surface area contributed by atoms with Crippen molar-refractivity contribution < 1.29 is 22.5 Å². The predicted molar refractivity (Wildman–Crippen MR) is 52.3 cm³/mol. The van der Waals surface area contributed by atoms with Gasteiger partial charge in [-0.2, -0.15) is 13.2 Å². The average Bonchev–Trinajstić information content (AvgIpc) is 2.75. The summed E-state index contributed by atoms with van der Waals surface area (Å²) in [7, 11) is 0. The second-order valence-corrected chi connectivity index (χ2v) is 3.27. The molecule has 1 aromatic heterocycles. The molecule has 0 atom stereocenters. The molecule has 0 aliphatic heterocycles. The van der Waals surface area contributed by atoms with Gasteiger partial charge >= 0.3 is 6.18 Å². The zero-order valence-electron chi connectivity index (χ0n) is 8.36. The lowest BCUT2D eigenvalue weighted by Gasteiger charge is -2.11. The van der Waals surface area contributed by atoms with Gasteiger partial charge in [-0.05, 0) is 11.6 Å². The van der Waals surface area contributed by atoms with Gasteiger partial charge in [0.2, 0.25) is 0 Å². The molecule has 0 saturated carbocycles. The van der Waals surface area contributed by atoms with Crippen LogP contribution in [0.15, 0.2) is 35.1 Å². The van der Waals surface area contributed by atoms with E-state index in [1.807, 2.05) is 0 Å². The van der Waals surface area contributed by atoms with E-state index in [2.05, 4.69) is 9.68 Å². The van der Waals surface area contributed by atoms with Crippen molar-refractivity contribution in [3.8, 4) is 11.1 Å². The molecular weight excluding hydrogens is 235 g/mol. The van der Waals surface area contributed by atoms with Crippen molar-refractivity contribution >= 4 is 6.29 Å². The van der Waals surface area contributed by atoms with Crippen LogP contribution in [0.3, 0.4) is 0 Å². The van der Waals surface area contributed by atoms with Crippen molar-refractivity contribution in [2.75, 3.05) is 0 Å². The summed E-state index contributed by atoms with van der Waals surface area (Å²) in [5.41, 5.74) is -1.07. The highest BCUT2D eigenvalue weighted by atomic mass is 19.4. The highest BCUT2D eigenvalue weighted by Crippen LogP contribution is 2.37. The highest BCUT2D eigenvalue weighted by molar-refractivity contribution is 5.85. The second kappa shape index (κ2) is 4.04. The summed E-state index contributed by atoms with van der Waals surface area (Å²) in [6.45, 7) is 0. The van der Waals surface area contributed by atoms with E-state index < -0.39 is 11.7 Å². The molecule has 2 rings (SSSR count). The SMILES string of the molecule is O=Cc1nocc1-c1ccccc1C(F)(F)F. The third kappa shape index (κ3) is 2.06. The first-order valence-electron chi connectivity index (χ1n) is 4.60. The highest BCUT2D eigenvalue weighted by Gasteiger charge is 2.34. The number of aldehydes is 1. The maximum Gasteiger partial charge on any atom is 0.417 e. The Bertz CT molecular complexity index is 546. The van der Waals surface area contributed by atoms with Gasteiger partial charge in [0.05, 0.1) is 11.1 Å². The zero-order valence-corrected chi connectivity index (χ0v) is 8.36. The number of hydrogen-bond donors (Lipinski definition) is 0. The number of rotatable bonds is 2. The normalized spacial score (nSPS) is 11.5. The molecule has 0 aliphatic carbocycles. The molecule has 0 spiro atoms. The zero-order chi connectivity index (χ0) is 12.5. The van der Waals surface area contributed by atoms with Crippen molar-refractivity contribution in [1.29, 1.82) is 0 Å². The molecule has 3 nitrogen and oxygen atoms in total. The van der Waals surface area contributed by atoms with E-state index in [1.54, 1.807) is 0 Å². The van der Waals surface area contributed by atoms with Crippen molar-refractivity contribution in [3.63, 3.8) is 0 Å². The van der Waals surface area contributed by atoms with Crippen molar-refractivity contribution in [1.82, 2.24) is 5.16 Å². The Hall–Kier alpha value is -2.11. The number of alkyl halides is 3. The van der Waals surface area contributed by atoms with Gasteiger partial charge in [-0.3, -0.25) is 4.79 Å². The second-order valence-electron chi connectivity index (χ2n) is 3.27. The number of halogens is 3. The van der Waals surface area contributed by atoms with Crippen LogP contribution in [0.2, 0.25) is 0 Å². The number of carbonyl (C=O) groups excluding carboxylic acids is 1. The summed E-state index contributed by atoms with van der Waals surface area (Å²) in [5, 5.41) is 3.32. The molecule has 88 valence electrons. The minimum atomic E-state index is -4.49. The standard InChI is InChI=1S/C11H6F3NO2/c12-11(13,14)9-4-2-1-3-7(9)8-6-17-15-10(8)5-16/h1-6H. The van der Waals surface area contributed by atoms with E-state index in [1.165, 1.54) is 18.2 Å². The molecule has 6 heteroatoms. The lowest BCUT2D eigenvalue weighted by Crippen LogP contribution is -2.07. The molecule has 0 fully saturated rings. The minimum Gasteiger partial charge on any atom is -0.363 e. The Morgan fingerprint density at radius 1 is 1.18 bits per heavy atom. The van der Waals surface area contributed by atoms with Crippen LogP contribution >= 0.6 is 0 Å². The molecule has 1 aromatic carbocycles. The minimum absolute atomic E-state index is 0.0351. The Morgan fingerprint density at radius 3 is 2.53 bits per heavy atom. The molecule has 0 N–H and O–H groups in total. The van der Waals surface area contributed by atoms with Gasteiger partial charge in [0, 0.05) is 0 Å². The van der Waals surface area contributed by atoms with Crippen LogP contribution in [0, 0.1) is 0 Å². The lowest BCUT2D eigenvalue weighted by molar-refractivity contribution is -0.137. The number of hydrogen-bond acceptors (Lipinski definition) is 3. The monoisotopic (exact) mass is 241 g/mol. The molecule has 0 saturated heterocycles. The molecule has 0 bridgehead atoms. The van der Waals surface area contributed by atoms with Crippen LogP contribution < -0.4 is 0 Å². The van der Waals surface area contributed by atoms with Gasteiger partial charge in [-0.25, -0.2) is 0 Å². The number of benzene rings is 1. The lowest BCUT2D eigenvalue weighted by atomic mass is 10.0. The van der Waals surface area contributed by atoms with Gasteiger partial charge in [-0.15, -0.1) is 0 Å². The average molecular weight is 241 g/mol. The number of nitrogens with zero attached hydrogens (tertiary/aromatic N) is 1. The van der Waals surface area contributed by atoms with Gasteiger partial charge in [0.1, 0.15) is 6.26 Å². The largest absolute Gasteiger partial charge is 0.417 e. The summed E-state index contributed by atoms with van der Waals surface area (Å²) in [4.78, 5) is 10.6. The van der Waals surface area contributed by atoms with Gasteiger partial charge in [-0.1, -0.05) is 23.4 Å². The van der Waals surface area contributed by atoms with Crippen LogP contribution in [-0.2, 0) is 6.18 Å². The number of aromatic nitrogens is 1. The predicted octanol–water partition coefficient (Wildman–Crippen LogP) is 3.17.